The highest BCUT2D eigenvalue weighted by Crippen LogP contribution is 2.41. The highest BCUT2D eigenvalue weighted by Gasteiger charge is 2.23. The lowest BCUT2D eigenvalue weighted by Gasteiger charge is -2.17. The summed E-state index contributed by atoms with van der Waals surface area (Å²) in [5.74, 6) is 0.833. The van der Waals surface area contributed by atoms with Gasteiger partial charge in [-0.15, -0.1) is 0 Å². The van der Waals surface area contributed by atoms with Crippen LogP contribution >= 0.6 is 15.9 Å². The molecule has 0 aliphatic heterocycles. The number of ether oxygens (including phenoxy) is 1. The molecule has 2 heteroatoms. The minimum Gasteiger partial charge on any atom is -0.384 e. The molecule has 94 valence electrons. The van der Waals surface area contributed by atoms with Crippen LogP contribution in [-0.4, -0.2) is 13.7 Å². The Kier molecular flexibility index (Phi) is 5.05. The third-order valence-corrected chi connectivity index (χ3v) is 4.98. The maximum absolute atomic E-state index is 5.10. The molecule has 1 saturated carbocycles. The predicted octanol–water partition coefficient (Wildman–Crippen LogP) is 4.50. The normalized spacial score (nSPS) is 18.5. The Morgan fingerprint density at radius 3 is 2.47 bits per heavy atom. The number of rotatable bonds is 5. The van der Waals surface area contributed by atoms with E-state index in [2.05, 4.69) is 40.2 Å². The molecule has 1 aromatic carbocycles. The first-order valence-corrected chi connectivity index (χ1v) is 7.44. The molecule has 17 heavy (non-hydrogen) atoms. The van der Waals surface area contributed by atoms with Crippen molar-refractivity contribution < 1.29 is 4.74 Å². The summed E-state index contributed by atoms with van der Waals surface area (Å²) in [7, 11) is 1.75. The zero-order chi connectivity index (χ0) is 12.1. The fourth-order valence-corrected chi connectivity index (χ4v) is 3.44. The topological polar surface area (TPSA) is 9.23 Å². The summed E-state index contributed by atoms with van der Waals surface area (Å²) in [5, 5.41) is 0. The molecule has 0 N–H and O–H groups in total. The largest absolute Gasteiger partial charge is 0.384 e. The zero-order valence-electron chi connectivity index (χ0n) is 10.5. The molecule has 0 radical (unpaired) electrons. The lowest BCUT2D eigenvalue weighted by atomic mass is 9.97. The van der Waals surface area contributed by atoms with E-state index in [1.54, 1.807) is 7.11 Å². The Bertz CT molecular complexity index is 327. The van der Waals surface area contributed by atoms with Crippen molar-refractivity contribution in [3.05, 3.63) is 35.4 Å². The first-order chi connectivity index (χ1) is 8.31. The van der Waals surface area contributed by atoms with E-state index in [9.17, 15) is 0 Å². The number of hydrogen-bond donors (Lipinski definition) is 0. The Morgan fingerprint density at radius 2 is 1.88 bits per heavy atom. The van der Waals surface area contributed by atoms with Gasteiger partial charge in [-0.05, 0) is 36.3 Å². The fraction of sp³-hybridized carbons (Fsp3) is 0.600. The zero-order valence-corrected chi connectivity index (χ0v) is 12.1. The van der Waals surface area contributed by atoms with Crippen LogP contribution in [0.25, 0.3) is 0 Å². The quantitative estimate of drug-likeness (QED) is 0.727. The maximum Gasteiger partial charge on any atom is 0.0502 e. The highest BCUT2D eigenvalue weighted by molar-refractivity contribution is 9.09. The van der Waals surface area contributed by atoms with Crippen molar-refractivity contribution in [1.29, 1.82) is 0 Å². The highest BCUT2D eigenvalue weighted by atomic mass is 79.9. The van der Waals surface area contributed by atoms with Gasteiger partial charge < -0.3 is 4.74 Å². The summed E-state index contributed by atoms with van der Waals surface area (Å²) in [6.07, 6.45) is 6.56. The van der Waals surface area contributed by atoms with E-state index in [1.807, 2.05) is 0 Å². The monoisotopic (exact) mass is 296 g/mol. The van der Waals surface area contributed by atoms with E-state index in [-0.39, 0.29) is 0 Å². The summed E-state index contributed by atoms with van der Waals surface area (Å²) in [6.45, 7) is 0.805. The van der Waals surface area contributed by atoms with Gasteiger partial charge >= 0.3 is 0 Å². The molecule has 0 amide bonds. The first-order valence-electron chi connectivity index (χ1n) is 6.53. The van der Waals surface area contributed by atoms with Gasteiger partial charge in [-0.3, -0.25) is 0 Å². The molecule has 1 fully saturated rings. The van der Waals surface area contributed by atoms with Crippen LogP contribution in [0.1, 0.15) is 41.6 Å². The van der Waals surface area contributed by atoms with Gasteiger partial charge in [-0.2, -0.15) is 0 Å². The van der Waals surface area contributed by atoms with Crippen LogP contribution in [0.3, 0.4) is 0 Å². The molecule has 0 aromatic heterocycles. The first kappa shape index (κ1) is 13.1. The second kappa shape index (κ2) is 6.55. The second-order valence-corrected chi connectivity index (χ2v) is 5.92. The van der Waals surface area contributed by atoms with E-state index in [4.69, 9.17) is 4.74 Å². The average molecular weight is 297 g/mol. The van der Waals surface area contributed by atoms with Crippen LogP contribution in [0.2, 0.25) is 0 Å². The van der Waals surface area contributed by atoms with Gasteiger partial charge in [0.2, 0.25) is 0 Å². The standard InChI is InChI=1S/C15H21BrO/c1-17-11-10-12-6-8-14(9-7-12)15(16)13-4-2-3-5-13/h6-9,13,15H,2-5,10-11H2,1H3. The van der Waals surface area contributed by atoms with Gasteiger partial charge in [0.25, 0.3) is 0 Å². The van der Waals surface area contributed by atoms with E-state index in [0.717, 1.165) is 18.9 Å². The molecular weight excluding hydrogens is 276 g/mol. The Morgan fingerprint density at radius 1 is 1.24 bits per heavy atom. The predicted molar refractivity (Wildman–Crippen MR) is 75.6 cm³/mol. The van der Waals surface area contributed by atoms with Crippen molar-refractivity contribution in [2.45, 2.75) is 36.9 Å². The number of methoxy groups -OCH3 is 1. The Balaban J connectivity index is 1.96. The molecule has 0 heterocycles. The number of alkyl halides is 1. The van der Waals surface area contributed by atoms with Crippen LogP contribution in [0.15, 0.2) is 24.3 Å². The molecule has 2 rings (SSSR count). The molecule has 1 nitrogen and oxygen atoms in total. The fourth-order valence-electron chi connectivity index (χ4n) is 2.61. The Hall–Kier alpha value is -0.340. The SMILES string of the molecule is COCCc1ccc(C(Br)C2CCCC2)cc1. The summed E-state index contributed by atoms with van der Waals surface area (Å²) in [4.78, 5) is 0.543. The number of hydrogen-bond acceptors (Lipinski definition) is 1. The average Bonchev–Trinajstić information content (AvgIpc) is 2.90. The minimum atomic E-state index is 0.543. The molecule has 0 spiro atoms. The smallest absolute Gasteiger partial charge is 0.0502 e. The van der Waals surface area contributed by atoms with Crippen molar-refractivity contribution in [2.24, 2.45) is 5.92 Å². The van der Waals surface area contributed by atoms with Crippen LogP contribution in [0.4, 0.5) is 0 Å². The molecular formula is C15H21BrO. The van der Waals surface area contributed by atoms with E-state index in [0.29, 0.717) is 4.83 Å². The number of halogens is 1. The van der Waals surface area contributed by atoms with Crippen LogP contribution in [0.5, 0.6) is 0 Å². The van der Waals surface area contributed by atoms with Gasteiger partial charge in [0.05, 0.1) is 6.61 Å². The van der Waals surface area contributed by atoms with Gasteiger partial charge in [-0.1, -0.05) is 53.0 Å². The maximum atomic E-state index is 5.10. The van der Waals surface area contributed by atoms with Gasteiger partial charge in [0.15, 0.2) is 0 Å². The molecule has 1 atom stereocenters. The third-order valence-electron chi connectivity index (χ3n) is 3.71. The second-order valence-electron chi connectivity index (χ2n) is 4.93. The van der Waals surface area contributed by atoms with Crippen molar-refractivity contribution in [3.63, 3.8) is 0 Å². The Labute approximate surface area is 113 Å². The minimum absolute atomic E-state index is 0.543. The van der Waals surface area contributed by atoms with Crippen LogP contribution in [0, 0.1) is 5.92 Å². The van der Waals surface area contributed by atoms with Crippen molar-refractivity contribution >= 4 is 15.9 Å². The van der Waals surface area contributed by atoms with Crippen LogP contribution in [-0.2, 0) is 11.2 Å². The van der Waals surface area contributed by atoms with Gasteiger partial charge in [-0.25, -0.2) is 0 Å². The van der Waals surface area contributed by atoms with E-state index < -0.39 is 0 Å². The van der Waals surface area contributed by atoms with E-state index in [1.165, 1.54) is 36.8 Å². The van der Waals surface area contributed by atoms with Gasteiger partial charge in [0, 0.05) is 11.9 Å². The number of benzene rings is 1. The van der Waals surface area contributed by atoms with Crippen molar-refractivity contribution in [3.8, 4) is 0 Å². The van der Waals surface area contributed by atoms with E-state index >= 15 is 0 Å². The lowest BCUT2D eigenvalue weighted by molar-refractivity contribution is 0.202. The molecule has 1 unspecified atom stereocenters. The van der Waals surface area contributed by atoms with Gasteiger partial charge in [0.1, 0.15) is 0 Å². The van der Waals surface area contributed by atoms with Crippen LogP contribution < -0.4 is 0 Å². The third kappa shape index (κ3) is 3.56. The summed E-state index contributed by atoms with van der Waals surface area (Å²) in [5.41, 5.74) is 2.79. The summed E-state index contributed by atoms with van der Waals surface area (Å²) < 4.78 is 5.10. The summed E-state index contributed by atoms with van der Waals surface area (Å²) in [6, 6.07) is 9.00. The molecule has 0 bridgehead atoms. The molecule has 1 aliphatic carbocycles. The molecule has 1 aliphatic rings. The molecule has 1 aromatic rings. The van der Waals surface area contributed by atoms with Crippen molar-refractivity contribution in [1.82, 2.24) is 0 Å². The van der Waals surface area contributed by atoms with Crippen molar-refractivity contribution in [2.75, 3.05) is 13.7 Å². The summed E-state index contributed by atoms with van der Waals surface area (Å²) >= 11 is 3.87. The lowest BCUT2D eigenvalue weighted by Crippen LogP contribution is -2.03. The molecule has 0 saturated heterocycles.